The highest BCUT2D eigenvalue weighted by atomic mass is 127. The number of aromatic nitrogens is 1. The van der Waals surface area contributed by atoms with Gasteiger partial charge in [0.2, 0.25) is 5.91 Å². The Balaban J connectivity index is 0.00000288. The van der Waals surface area contributed by atoms with E-state index in [2.05, 4.69) is 41.4 Å². The molecule has 6 nitrogen and oxygen atoms in total. The van der Waals surface area contributed by atoms with Crippen molar-refractivity contribution < 1.29 is 4.79 Å². The second kappa shape index (κ2) is 8.98. The van der Waals surface area contributed by atoms with Gasteiger partial charge in [-0.3, -0.25) is 9.79 Å². The Morgan fingerprint density at radius 1 is 1.29 bits per heavy atom. The van der Waals surface area contributed by atoms with Crippen molar-refractivity contribution >= 4 is 47.2 Å². The minimum absolute atomic E-state index is 0. The van der Waals surface area contributed by atoms with E-state index >= 15 is 0 Å². The van der Waals surface area contributed by atoms with Crippen molar-refractivity contribution in [2.45, 2.75) is 39.7 Å². The molecule has 0 saturated carbocycles. The molecular weight excluding hydrogens is 437 g/mol. The average Bonchev–Trinajstić information content (AvgIpc) is 2.97. The number of carbonyl (C=O) groups is 1. The summed E-state index contributed by atoms with van der Waals surface area (Å²) in [6.07, 6.45) is 0. The zero-order valence-corrected chi connectivity index (χ0v) is 18.3. The van der Waals surface area contributed by atoms with Crippen molar-refractivity contribution in [3.63, 3.8) is 0 Å². The Morgan fingerprint density at radius 2 is 1.88 bits per heavy atom. The molecule has 8 heteroatoms. The predicted octanol–water partition coefficient (Wildman–Crippen LogP) is 2.30. The standard InChI is InChI=1S/C16H27N5OS.HI/c1-12(22)20-6-8-21(9-7-20)15(17-5)18-10-14-19-13(11-23-14)16(2,3)4;/h11H,6-10H2,1-5H3,(H,17,18);1H. The minimum Gasteiger partial charge on any atom is -0.350 e. The third-order valence-electron chi connectivity index (χ3n) is 3.95. The summed E-state index contributed by atoms with van der Waals surface area (Å²) in [5.74, 6) is 1.02. The summed E-state index contributed by atoms with van der Waals surface area (Å²) in [4.78, 5) is 24.5. The molecule has 1 amide bonds. The van der Waals surface area contributed by atoms with Gasteiger partial charge >= 0.3 is 0 Å². The number of nitrogens with one attached hydrogen (secondary N) is 1. The first-order chi connectivity index (χ1) is 10.8. The Labute approximate surface area is 165 Å². The molecule has 1 N–H and O–H groups in total. The van der Waals surface area contributed by atoms with Gasteiger partial charge in [0.25, 0.3) is 0 Å². The van der Waals surface area contributed by atoms with E-state index in [-0.39, 0.29) is 35.3 Å². The van der Waals surface area contributed by atoms with Crippen LogP contribution in [0.25, 0.3) is 0 Å². The van der Waals surface area contributed by atoms with Crippen LogP contribution in [0, 0.1) is 0 Å². The number of halogens is 1. The third kappa shape index (κ3) is 5.58. The average molecular weight is 465 g/mol. The monoisotopic (exact) mass is 465 g/mol. The Bertz CT molecular complexity index is 573. The van der Waals surface area contributed by atoms with Crippen LogP contribution in [-0.4, -0.2) is 59.9 Å². The van der Waals surface area contributed by atoms with Crippen LogP contribution in [0.4, 0.5) is 0 Å². The van der Waals surface area contributed by atoms with Gasteiger partial charge in [-0.2, -0.15) is 0 Å². The lowest BCUT2D eigenvalue weighted by Crippen LogP contribution is -2.53. The lowest BCUT2D eigenvalue weighted by molar-refractivity contribution is -0.130. The van der Waals surface area contributed by atoms with E-state index < -0.39 is 0 Å². The molecule has 0 radical (unpaired) electrons. The largest absolute Gasteiger partial charge is 0.350 e. The number of nitrogens with zero attached hydrogens (tertiary/aromatic N) is 4. The predicted molar refractivity (Wildman–Crippen MR) is 110 cm³/mol. The van der Waals surface area contributed by atoms with E-state index in [1.807, 2.05) is 4.90 Å². The topological polar surface area (TPSA) is 60.8 Å². The molecule has 0 atom stereocenters. The molecule has 1 fully saturated rings. The third-order valence-corrected chi connectivity index (χ3v) is 4.80. The van der Waals surface area contributed by atoms with Crippen molar-refractivity contribution in [3.8, 4) is 0 Å². The quantitative estimate of drug-likeness (QED) is 0.414. The number of rotatable bonds is 2. The van der Waals surface area contributed by atoms with Gasteiger partial charge < -0.3 is 15.1 Å². The van der Waals surface area contributed by atoms with Crippen molar-refractivity contribution in [2.75, 3.05) is 33.2 Å². The highest BCUT2D eigenvalue weighted by Crippen LogP contribution is 2.23. The maximum atomic E-state index is 11.4. The number of hydrogen-bond acceptors (Lipinski definition) is 4. The van der Waals surface area contributed by atoms with Gasteiger partial charge in [-0.1, -0.05) is 20.8 Å². The lowest BCUT2D eigenvalue weighted by Gasteiger charge is -2.36. The van der Waals surface area contributed by atoms with E-state index in [0.29, 0.717) is 6.54 Å². The van der Waals surface area contributed by atoms with Crippen molar-refractivity contribution in [3.05, 3.63) is 16.1 Å². The van der Waals surface area contributed by atoms with Gasteiger partial charge in [0.1, 0.15) is 5.01 Å². The van der Waals surface area contributed by atoms with Crippen molar-refractivity contribution in [2.24, 2.45) is 4.99 Å². The lowest BCUT2D eigenvalue weighted by atomic mass is 9.93. The number of carbonyl (C=O) groups excluding carboxylic acids is 1. The number of guanidine groups is 1. The molecule has 0 bridgehead atoms. The molecule has 1 aromatic rings. The Morgan fingerprint density at radius 3 is 2.33 bits per heavy atom. The minimum atomic E-state index is 0. The Kier molecular flexibility index (Phi) is 7.91. The van der Waals surface area contributed by atoms with E-state index in [1.165, 1.54) is 0 Å². The number of hydrogen-bond donors (Lipinski definition) is 1. The first-order valence-corrected chi connectivity index (χ1v) is 8.85. The fourth-order valence-electron chi connectivity index (χ4n) is 2.46. The van der Waals surface area contributed by atoms with Crippen LogP contribution in [0.1, 0.15) is 38.4 Å². The fourth-order valence-corrected chi connectivity index (χ4v) is 3.42. The maximum Gasteiger partial charge on any atom is 0.219 e. The summed E-state index contributed by atoms with van der Waals surface area (Å²) in [6.45, 7) is 11.9. The van der Waals surface area contributed by atoms with E-state index in [4.69, 9.17) is 4.98 Å². The second-order valence-electron chi connectivity index (χ2n) is 6.77. The van der Waals surface area contributed by atoms with Gasteiger partial charge in [0, 0.05) is 50.9 Å². The fraction of sp³-hybridized carbons (Fsp3) is 0.688. The zero-order valence-electron chi connectivity index (χ0n) is 15.1. The number of aliphatic imine (C=N–C) groups is 1. The molecule has 0 aliphatic carbocycles. The van der Waals surface area contributed by atoms with Gasteiger partial charge in [-0.15, -0.1) is 35.3 Å². The van der Waals surface area contributed by atoms with Crippen molar-refractivity contribution in [1.82, 2.24) is 20.1 Å². The molecule has 0 spiro atoms. The summed E-state index contributed by atoms with van der Waals surface area (Å²) in [7, 11) is 1.79. The number of amides is 1. The van der Waals surface area contributed by atoms with E-state index in [0.717, 1.165) is 42.8 Å². The molecule has 0 aromatic carbocycles. The van der Waals surface area contributed by atoms with Gasteiger partial charge in [0.05, 0.1) is 12.2 Å². The van der Waals surface area contributed by atoms with Gasteiger partial charge in [0.15, 0.2) is 5.96 Å². The summed E-state index contributed by atoms with van der Waals surface area (Å²) in [5, 5.41) is 6.58. The summed E-state index contributed by atoms with van der Waals surface area (Å²) < 4.78 is 0. The summed E-state index contributed by atoms with van der Waals surface area (Å²) in [5.41, 5.74) is 1.21. The molecule has 1 aliphatic rings. The summed E-state index contributed by atoms with van der Waals surface area (Å²) in [6, 6.07) is 0. The first-order valence-electron chi connectivity index (χ1n) is 7.97. The van der Waals surface area contributed by atoms with Crippen LogP contribution in [0.3, 0.4) is 0 Å². The normalized spacial score (nSPS) is 16.0. The molecular formula is C16H28IN5OS. The van der Waals surface area contributed by atoms with E-state index in [1.54, 1.807) is 25.3 Å². The number of piperazine rings is 1. The van der Waals surface area contributed by atoms with Gasteiger partial charge in [-0.25, -0.2) is 4.98 Å². The highest BCUT2D eigenvalue weighted by molar-refractivity contribution is 14.0. The molecule has 1 aliphatic heterocycles. The Hall–Kier alpha value is -0.900. The molecule has 0 unspecified atom stereocenters. The van der Waals surface area contributed by atoms with Crippen LogP contribution in [-0.2, 0) is 16.8 Å². The SMILES string of the molecule is CN=C(NCc1nc(C(C)(C)C)cs1)N1CCN(C(C)=O)CC1.I. The molecule has 2 heterocycles. The first kappa shape index (κ1) is 21.1. The van der Waals surface area contributed by atoms with Crippen LogP contribution in [0.5, 0.6) is 0 Å². The second-order valence-corrected chi connectivity index (χ2v) is 7.71. The molecule has 136 valence electrons. The maximum absolute atomic E-state index is 11.4. The molecule has 2 rings (SSSR count). The molecule has 24 heavy (non-hydrogen) atoms. The smallest absolute Gasteiger partial charge is 0.219 e. The van der Waals surface area contributed by atoms with Crippen LogP contribution in [0.2, 0.25) is 0 Å². The zero-order chi connectivity index (χ0) is 17.0. The van der Waals surface area contributed by atoms with E-state index in [9.17, 15) is 4.79 Å². The van der Waals surface area contributed by atoms with Gasteiger partial charge in [-0.05, 0) is 0 Å². The summed E-state index contributed by atoms with van der Waals surface area (Å²) >= 11 is 1.68. The molecule has 1 saturated heterocycles. The van der Waals surface area contributed by atoms with Crippen LogP contribution >= 0.6 is 35.3 Å². The highest BCUT2D eigenvalue weighted by Gasteiger charge is 2.21. The van der Waals surface area contributed by atoms with Crippen LogP contribution in [0.15, 0.2) is 10.4 Å². The van der Waals surface area contributed by atoms with Crippen molar-refractivity contribution in [1.29, 1.82) is 0 Å². The van der Waals surface area contributed by atoms with Crippen LogP contribution < -0.4 is 5.32 Å². The number of thiazole rings is 1. The molecule has 1 aromatic heterocycles.